The van der Waals surface area contributed by atoms with Crippen molar-refractivity contribution in [2.24, 2.45) is 7.05 Å². The van der Waals surface area contributed by atoms with Gasteiger partial charge >= 0.3 is 31.7 Å². The molecule has 3 saturated heterocycles. The Balaban J connectivity index is 0.000000200. The van der Waals surface area contributed by atoms with Crippen molar-refractivity contribution in [2.75, 3.05) is 22.9 Å². The lowest BCUT2D eigenvalue weighted by Gasteiger charge is -2.36. The average molecular weight is 1160 g/mol. The number of tetrazole rings is 1. The SMILES string of the molecule is CCN(c1ncc(-c2nnnn2C)cc1CN1C(=O)O[C@H](c2cc(C)cc(C(F)(F)F)c2)[C@@H]1C)C1CCCCC1.CCN(c1ncc(B2OC(C)(C)C(C)(C)O2)cc1CN1C(=O)O[C@H](c2cc(C)cc(C(F)(F)F)c2)[C@@H]1C)C1CCCCC1. The van der Waals surface area contributed by atoms with Crippen molar-refractivity contribution in [3.8, 4) is 11.4 Å². The molecule has 16 nitrogen and oxygen atoms in total. The zero-order valence-electron chi connectivity index (χ0n) is 49.4. The van der Waals surface area contributed by atoms with Crippen molar-refractivity contribution in [1.82, 2.24) is 40.0 Å². The van der Waals surface area contributed by atoms with Crippen molar-refractivity contribution in [1.29, 1.82) is 0 Å². The van der Waals surface area contributed by atoms with Crippen molar-refractivity contribution >= 4 is 36.4 Å². The monoisotopic (exact) mass is 1160 g/mol. The van der Waals surface area contributed by atoms with Gasteiger partial charge in [0.05, 0.1) is 47.5 Å². The maximum absolute atomic E-state index is 13.6. The summed E-state index contributed by atoms with van der Waals surface area (Å²) in [5, 5.41) is 11.8. The van der Waals surface area contributed by atoms with Crippen molar-refractivity contribution in [3.63, 3.8) is 0 Å². The standard InChI is InChI=1S/C32H43BF3N3O4.C28H34F3N7O2/c1-8-38(26-12-10-9-11-13-26)28-23(17-25(18-37-28)33-42-30(4,5)31(6,7)43-33)19-39-21(3)27(41-29(39)40)22-14-20(2)15-24(16-22)32(34,35)36;1-5-37(23-9-7-6-8-10-23)25-21(13-20(15-32-25)26-33-34-35-36(26)4)16-38-18(3)24(40-27(38)39)19-11-17(2)12-22(14-19)28(29,30)31/h14-18,21,26-27H,8-13,19H2,1-7H3;11-15,18,23-24H,5-10,16H2,1-4H3/t21-,27-;18-,24-/m00/s1. The molecular formula is C60H77BF6N10O6. The molecule has 5 fully saturated rings. The number of nitrogens with zero attached hydrogens (tertiary/aromatic N) is 10. The van der Waals surface area contributed by atoms with Crippen molar-refractivity contribution in [3.05, 3.63) is 105 Å². The Kier molecular flexibility index (Phi) is 17.8. The minimum Gasteiger partial charge on any atom is -0.439 e. The molecule has 0 spiro atoms. The Morgan fingerprint density at radius 1 is 0.627 bits per heavy atom. The summed E-state index contributed by atoms with van der Waals surface area (Å²) in [5.74, 6) is 2.12. The highest BCUT2D eigenvalue weighted by atomic mass is 19.4. The van der Waals surface area contributed by atoms with Crippen LogP contribution in [0.2, 0.25) is 0 Å². The van der Waals surface area contributed by atoms with E-state index in [1.54, 1.807) is 66.8 Å². The summed E-state index contributed by atoms with van der Waals surface area (Å²) in [4.78, 5) is 44.0. The lowest BCUT2D eigenvalue weighted by molar-refractivity contribution is -0.138. The van der Waals surface area contributed by atoms with Gasteiger partial charge in [-0.1, -0.05) is 67.9 Å². The molecular weight excluding hydrogens is 1080 g/mol. The number of hydrogen-bond donors (Lipinski definition) is 0. The maximum Gasteiger partial charge on any atom is 0.496 e. The molecule has 2 aromatic carbocycles. The molecule has 0 unspecified atom stereocenters. The third-order valence-electron chi connectivity index (χ3n) is 17.5. The molecule has 3 aromatic heterocycles. The van der Waals surface area contributed by atoms with E-state index in [0.717, 1.165) is 117 Å². The van der Waals surface area contributed by atoms with E-state index in [4.69, 9.17) is 28.8 Å². The Labute approximate surface area is 482 Å². The number of benzene rings is 2. The molecule has 2 amide bonds. The second kappa shape index (κ2) is 24.2. The number of hydrogen-bond acceptors (Lipinski definition) is 13. The van der Waals surface area contributed by atoms with Crippen LogP contribution < -0.4 is 15.3 Å². The molecule has 3 aliphatic heterocycles. The first-order valence-electron chi connectivity index (χ1n) is 29.1. The predicted octanol–water partition coefficient (Wildman–Crippen LogP) is 12.8. The summed E-state index contributed by atoms with van der Waals surface area (Å²) in [6, 6.07) is 11.3. The molecule has 0 N–H and O–H groups in total. The first-order valence-corrected chi connectivity index (χ1v) is 29.1. The number of pyridine rings is 2. The molecule has 2 aliphatic carbocycles. The lowest BCUT2D eigenvalue weighted by Crippen LogP contribution is -2.41. The van der Waals surface area contributed by atoms with E-state index >= 15 is 0 Å². The zero-order valence-corrected chi connectivity index (χ0v) is 49.4. The number of ether oxygens (including phenoxy) is 2. The van der Waals surface area contributed by atoms with Crippen molar-refractivity contribution in [2.45, 2.75) is 206 Å². The van der Waals surface area contributed by atoms with Crippen LogP contribution in [0.5, 0.6) is 0 Å². The van der Waals surface area contributed by atoms with Crippen LogP contribution in [0.4, 0.5) is 47.6 Å². The first-order chi connectivity index (χ1) is 39.2. The molecule has 2 saturated carbocycles. The van der Waals surface area contributed by atoms with E-state index in [1.807, 2.05) is 46.8 Å². The lowest BCUT2D eigenvalue weighted by atomic mass is 9.79. The van der Waals surface area contributed by atoms with Gasteiger partial charge in [-0.05, 0) is 147 Å². The van der Waals surface area contributed by atoms with Crippen LogP contribution in [0.3, 0.4) is 0 Å². The number of amides is 2. The molecule has 448 valence electrons. The summed E-state index contributed by atoms with van der Waals surface area (Å²) in [6.45, 7) is 20.9. The van der Waals surface area contributed by atoms with Gasteiger partial charge in [-0.15, -0.1) is 5.10 Å². The van der Waals surface area contributed by atoms with Gasteiger partial charge in [0, 0.05) is 66.8 Å². The second-order valence-electron chi connectivity index (χ2n) is 23.9. The number of alkyl halides is 6. The van der Waals surface area contributed by atoms with Crippen LogP contribution in [0.1, 0.15) is 176 Å². The van der Waals surface area contributed by atoms with Crippen LogP contribution in [0.25, 0.3) is 11.4 Å². The highest BCUT2D eigenvalue weighted by Crippen LogP contribution is 2.42. The second-order valence-corrected chi connectivity index (χ2v) is 23.9. The van der Waals surface area contributed by atoms with Crippen LogP contribution in [0, 0.1) is 13.8 Å². The topological polar surface area (TPSA) is 153 Å². The normalized spacial score (nSPS) is 22.2. The largest absolute Gasteiger partial charge is 0.496 e. The van der Waals surface area contributed by atoms with Crippen LogP contribution in [-0.2, 0) is 51.3 Å². The Morgan fingerprint density at radius 3 is 1.47 bits per heavy atom. The van der Waals surface area contributed by atoms with E-state index in [2.05, 4.69) is 39.2 Å². The summed E-state index contributed by atoms with van der Waals surface area (Å²) in [6.07, 6.45) is 3.12. The minimum atomic E-state index is -4.50. The van der Waals surface area contributed by atoms with Crippen molar-refractivity contribution < 1.29 is 54.7 Å². The number of anilines is 2. The molecule has 83 heavy (non-hydrogen) atoms. The predicted molar refractivity (Wildman–Crippen MR) is 303 cm³/mol. The van der Waals surface area contributed by atoms with Crippen LogP contribution >= 0.6 is 0 Å². The number of cyclic esters (lactones) is 2. The van der Waals surface area contributed by atoms with E-state index in [-0.39, 0.29) is 13.1 Å². The van der Waals surface area contributed by atoms with Gasteiger partial charge in [0.15, 0.2) is 5.82 Å². The van der Waals surface area contributed by atoms with E-state index < -0.39 is 78.3 Å². The molecule has 5 aliphatic rings. The number of carbonyl (C=O) groups excluding carboxylic acids is 2. The van der Waals surface area contributed by atoms with Gasteiger partial charge in [0.25, 0.3) is 0 Å². The summed E-state index contributed by atoms with van der Waals surface area (Å²) in [5.41, 5.74) is 2.08. The number of aryl methyl sites for hydroxylation is 3. The van der Waals surface area contributed by atoms with Gasteiger partial charge in [-0.2, -0.15) is 26.3 Å². The number of halogens is 6. The van der Waals surface area contributed by atoms with E-state index in [1.165, 1.54) is 12.8 Å². The zero-order chi connectivity index (χ0) is 59.9. The van der Waals surface area contributed by atoms with Crippen LogP contribution in [-0.4, -0.2) is 108 Å². The average Bonchev–Trinajstić information content (AvgIpc) is 2.84. The fraction of sp³-hybridized carbons (Fsp3) is 0.583. The fourth-order valence-corrected chi connectivity index (χ4v) is 12.4. The van der Waals surface area contributed by atoms with Gasteiger partial charge in [0.2, 0.25) is 0 Å². The number of carbonyl (C=O) groups is 2. The Hall–Kier alpha value is -6.49. The highest BCUT2D eigenvalue weighted by Gasteiger charge is 2.52. The molecule has 0 radical (unpaired) electrons. The molecule has 0 bridgehead atoms. The van der Waals surface area contributed by atoms with Gasteiger partial charge < -0.3 is 28.6 Å². The van der Waals surface area contributed by atoms with Gasteiger partial charge in [-0.25, -0.2) is 24.2 Å². The molecule has 23 heteroatoms. The summed E-state index contributed by atoms with van der Waals surface area (Å²) in [7, 11) is 1.11. The van der Waals surface area contributed by atoms with Gasteiger partial charge in [0.1, 0.15) is 23.8 Å². The van der Waals surface area contributed by atoms with Gasteiger partial charge in [-0.3, -0.25) is 9.80 Å². The highest BCUT2D eigenvalue weighted by molar-refractivity contribution is 6.62. The molecule has 4 atom stereocenters. The Morgan fingerprint density at radius 2 is 1.06 bits per heavy atom. The summed E-state index contributed by atoms with van der Waals surface area (Å²) >= 11 is 0. The first kappa shape index (κ1) is 61.1. The smallest absolute Gasteiger partial charge is 0.439 e. The number of rotatable bonds is 14. The van der Waals surface area contributed by atoms with Crippen LogP contribution in [0.15, 0.2) is 60.9 Å². The number of aromatic nitrogens is 6. The van der Waals surface area contributed by atoms with E-state index in [0.29, 0.717) is 45.7 Å². The Bertz CT molecular complexity index is 3110. The third kappa shape index (κ3) is 13.1. The maximum atomic E-state index is 13.6. The minimum absolute atomic E-state index is 0.180. The molecule has 6 heterocycles. The van der Waals surface area contributed by atoms with E-state index in [9.17, 15) is 35.9 Å². The summed E-state index contributed by atoms with van der Waals surface area (Å²) < 4.78 is 107. The fourth-order valence-electron chi connectivity index (χ4n) is 12.4. The third-order valence-corrected chi connectivity index (χ3v) is 17.5. The molecule has 5 aromatic rings. The molecule has 10 rings (SSSR count). The quantitative estimate of drug-likeness (QED) is 0.0766.